The van der Waals surface area contributed by atoms with E-state index in [2.05, 4.69) is 5.32 Å². The lowest BCUT2D eigenvalue weighted by Crippen LogP contribution is -2.56. The summed E-state index contributed by atoms with van der Waals surface area (Å²) in [6.45, 7) is -0.877. The molecule has 104 valence electrons. The first-order valence-corrected chi connectivity index (χ1v) is 6.85. The molecule has 0 aromatic heterocycles. The van der Waals surface area contributed by atoms with E-state index in [9.17, 15) is 17.6 Å². The zero-order chi connectivity index (χ0) is 12.9. The summed E-state index contributed by atoms with van der Waals surface area (Å²) in [4.78, 5) is 0. The van der Waals surface area contributed by atoms with Gasteiger partial charge in [0.25, 0.3) is 0 Å². The van der Waals surface area contributed by atoms with Crippen molar-refractivity contribution < 1.29 is 17.6 Å². The molecule has 18 heavy (non-hydrogen) atoms. The second-order valence-corrected chi connectivity index (χ2v) is 6.40. The molecule has 0 spiro atoms. The molecule has 4 rings (SSSR count). The first-order valence-electron chi connectivity index (χ1n) is 6.85. The van der Waals surface area contributed by atoms with E-state index < -0.39 is 18.9 Å². The molecule has 4 aliphatic rings. The van der Waals surface area contributed by atoms with Gasteiger partial charge in [-0.3, -0.25) is 0 Å². The molecular weight excluding hydrogens is 246 g/mol. The van der Waals surface area contributed by atoms with Crippen LogP contribution in [0.2, 0.25) is 0 Å². The molecule has 4 saturated carbocycles. The van der Waals surface area contributed by atoms with Gasteiger partial charge < -0.3 is 5.32 Å². The van der Waals surface area contributed by atoms with Crippen molar-refractivity contribution in [3.8, 4) is 0 Å². The van der Waals surface area contributed by atoms with Crippen molar-refractivity contribution in [2.45, 2.75) is 50.5 Å². The Morgan fingerprint density at radius 3 is 1.89 bits per heavy atom. The molecule has 0 amide bonds. The van der Waals surface area contributed by atoms with Gasteiger partial charge in [-0.1, -0.05) is 0 Å². The summed E-state index contributed by atoms with van der Waals surface area (Å²) in [7, 11) is 0. The van der Waals surface area contributed by atoms with Crippen molar-refractivity contribution in [2.75, 3.05) is 6.54 Å². The van der Waals surface area contributed by atoms with E-state index >= 15 is 0 Å². The van der Waals surface area contributed by atoms with Crippen molar-refractivity contribution >= 4 is 0 Å². The predicted octanol–water partition coefficient (Wildman–Crippen LogP) is 3.30. The van der Waals surface area contributed by atoms with E-state index in [1.807, 2.05) is 0 Å². The highest BCUT2D eigenvalue weighted by Gasteiger charge is 2.49. The number of hydrogen-bond acceptors (Lipinski definition) is 1. The normalized spacial score (nSPS) is 42.8. The lowest BCUT2D eigenvalue weighted by Gasteiger charge is -2.54. The maximum atomic E-state index is 13.0. The Hall–Kier alpha value is -0.320. The monoisotopic (exact) mass is 265 g/mol. The summed E-state index contributed by atoms with van der Waals surface area (Å²) >= 11 is 0. The maximum absolute atomic E-state index is 13.0. The Kier molecular flexibility index (Phi) is 3.07. The van der Waals surface area contributed by atoms with Crippen molar-refractivity contribution in [3.05, 3.63) is 0 Å². The van der Waals surface area contributed by atoms with Gasteiger partial charge in [-0.15, -0.1) is 0 Å². The summed E-state index contributed by atoms with van der Waals surface area (Å²) < 4.78 is 50.2. The van der Waals surface area contributed by atoms with Crippen LogP contribution in [-0.2, 0) is 0 Å². The van der Waals surface area contributed by atoms with Crippen molar-refractivity contribution in [1.29, 1.82) is 0 Å². The Morgan fingerprint density at radius 2 is 1.44 bits per heavy atom. The first-order chi connectivity index (χ1) is 8.45. The minimum Gasteiger partial charge on any atom is -0.308 e. The van der Waals surface area contributed by atoms with E-state index in [1.54, 1.807) is 0 Å². The van der Waals surface area contributed by atoms with E-state index in [1.165, 1.54) is 6.42 Å². The summed E-state index contributed by atoms with van der Waals surface area (Å²) in [5.74, 6) is -1.49. The van der Waals surface area contributed by atoms with Crippen LogP contribution in [0.15, 0.2) is 0 Å². The molecule has 0 aromatic rings. The lowest BCUT2D eigenvalue weighted by atomic mass is 9.54. The van der Waals surface area contributed by atoms with E-state index in [0.717, 1.165) is 37.5 Å². The molecule has 4 aliphatic carbocycles. The molecule has 1 N–H and O–H groups in total. The summed E-state index contributed by atoms with van der Waals surface area (Å²) in [6.07, 6.45) is 2.14. The molecule has 0 heterocycles. The maximum Gasteiger partial charge on any atom is 0.319 e. The zero-order valence-corrected chi connectivity index (χ0v) is 10.2. The molecule has 5 heteroatoms. The zero-order valence-electron chi connectivity index (χ0n) is 10.2. The molecule has 4 bridgehead atoms. The van der Waals surface area contributed by atoms with Gasteiger partial charge in [-0.2, -0.15) is 8.78 Å². The number of alkyl halides is 4. The molecule has 0 saturated heterocycles. The second kappa shape index (κ2) is 4.36. The average Bonchev–Trinajstić information content (AvgIpc) is 2.26. The SMILES string of the molecule is FC(F)C(F)(F)CNC1C2CC3CC(C2)CC1C3. The fourth-order valence-corrected chi connectivity index (χ4v) is 4.59. The molecule has 0 aromatic carbocycles. The predicted molar refractivity (Wildman–Crippen MR) is 59.8 cm³/mol. The second-order valence-electron chi connectivity index (χ2n) is 6.40. The van der Waals surface area contributed by atoms with Gasteiger partial charge in [0.05, 0.1) is 6.54 Å². The third-order valence-corrected chi connectivity index (χ3v) is 5.12. The van der Waals surface area contributed by atoms with Crippen molar-refractivity contribution in [2.24, 2.45) is 23.7 Å². The smallest absolute Gasteiger partial charge is 0.308 e. The van der Waals surface area contributed by atoms with Crippen LogP contribution in [-0.4, -0.2) is 24.9 Å². The highest BCUT2D eigenvalue weighted by molar-refractivity contribution is 5.01. The fourth-order valence-electron chi connectivity index (χ4n) is 4.59. The Balaban J connectivity index is 1.60. The van der Waals surface area contributed by atoms with Gasteiger partial charge in [0.1, 0.15) is 0 Å². The Morgan fingerprint density at radius 1 is 0.944 bits per heavy atom. The summed E-state index contributed by atoms with van der Waals surface area (Å²) in [5.41, 5.74) is 0. The number of nitrogens with one attached hydrogen (secondary N) is 1. The number of halogens is 4. The van der Waals surface area contributed by atoms with Gasteiger partial charge >= 0.3 is 12.3 Å². The standard InChI is InChI=1S/C13H19F4N/c14-12(15)13(16,17)6-18-11-9-2-7-1-8(4-9)5-10(11)3-7/h7-12,18H,1-6H2. The third-order valence-electron chi connectivity index (χ3n) is 5.12. The van der Waals surface area contributed by atoms with Crippen molar-refractivity contribution in [1.82, 2.24) is 5.32 Å². The summed E-state index contributed by atoms with van der Waals surface area (Å²) in [5, 5.41) is 2.76. The van der Waals surface area contributed by atoms with Crippen LogP contribution in [0.25, 0.3) is 0 Å². The van der Waals surface area contributed by atoms with Crippen LogP contribution in [0, 0.1) is 23.7 Å². The van der Waals surface area contributed by atoms with Gasteiger partial charge in [0, 0.05) is 6.04 Å². The largest absolute Gasteiger partial charge is 0.319 e. The fraction of sp³-hybridized carbons (Fsp3) is 1.00. The van der Waals surface area contributed by atoms with Crippen LogP contribution in [0.4, 0.5) is 17.6 Å². The van der Waals surface area contributed by atoms with Gasteiger partial charge in [0.2, 0.25) is 0 Å². The highest BCUT2D eigenvalue weighted by atomic mass is 19.3. The van der Waals surface area contributed by atoms with Gasteiger partial charge in [-0.05, 0) is 55.8 Å². The lowest BCUT2D eigenvalue weighted by molar-refractivity contribution is -0.131. The molecule has 0 radical (unpaired) electrons. The molecule has 0 aliphatic heterocycles. The molecule has 0 unspecified atom stereocenters. The van der Waals surface area contributed by atoms with Crippen LogP contribution < -0.4 is 5.32 Å². The van der Waals surface area contributed by atoms with E-state index in [-0.39, 0.29) is 6.04 Å². The topological polar surface area (TPSA) is 12.0 Å². The summed E-state index contributed by atoms with van der Waals surface area (Å²) in [6, 6.07) is 0.0439. The van der Waals surface area contributed by atoms with Crippen LogP contribution in [0.3, 0.4) is 0 Å². The van der Waals surface area contributed by atoms with Gasteiger partial charge in [-0.25, -0.2) is 8.78 Å². The number of hydrogen-bond donors (Lipinski definition) is 1. The third kappa shape index (κ3) is 2.15. The first kappa shape index (κ1) is 12.7. The minimum absolute atomic E-state index is 0.0439. The average molecular weight is 265 g/mol. The van der Waals surface area contributed by atoms with Crippen LogP contribution in [0.1, 0.15) is 32.1 Å². The van der Waals surface area contributed by atoms with Crippen LogP contribution in [0.5, 0.6) is 0 Å². The van der Waals surface area contributed by atoms with E-state index in [4.69, 9.17) is 0 Å². The Bertz CT molecular complexity index is 290. The number of rotatable bonds is 4. The molecule has 1 nitrogen and oxygen atoms in total. The van der Waals surface area contributed by atoms with Crippen LogP contribution >= 0.6 is 0 Å². The van der Waals surface area contributed by atoms with E-state index in [0.29, 0.717) is 11.8 Å². The minimum atomic E-state index is -3.89. The molecular formula is C13H19F4N. The van der Waals surface area contributed by atoms with Gasteiger partial charge in [0.15, 0.2) is 0 Å². The highest BCUT2D eigenvalue weighted by Crippen LogP contribution is 2.53. The van der Waals surface area contributed by atoms with Crippen molar-refractivity contribution in [3.63, 3.8) is 0 Å². The quantitative estimate of drug-likeness (QED) is 0.769. The molecule has 4 fully saturated rings. The Labute approximate surface area is 104 Å². The molecule has 0 atom stereocenters.